The van der Waals surface area contributed by atoms with Crippen LogP contribution in [0.2, 0.25) is 5.02 Å². The monoisotopic (exact) mass is 331 g/mol. The summed E-state index contributed by atoms with van der Waals surface area (Å²) in [6, 6.07) is 8.90. The largest absolute Gasteiger partial charge is 0.378 e. The molecule has 0 radical (unpaired) electrons. The van der Waals surface area contributed by atoms with Crippen molar-refractivity contribution in [3.8, 4) is 0 Å². The Hall–Kier alpha value is -1.13. The number of para-hydroxylation sites is 1. The van der Waals surface area contributed by atoms with Crippen LogP contribution in [0.15, 0.2) is 40.9 Å². The topological polar surface area (TPSA) is 12.0 Å². The highest BCUT2D eigenvalue weighted by Gasteiger charge is 2.08. The van der Waals surface area contributed by atoms with Crippen LogP contribution in [0.1, 0.15) is 5.56 Å². The number of nitrogens with one attached hydrogen (secondary N) is 1. The van der Waals surface area contributed by atoms with Gasteiger partial charge in [-0.15, -0.1) is 0 Å². The first-order chi connectivity index (χ1) is 8.58. The molecule has 1 N–H and O–H groups in total. The van der Waals surface area contributed by atoms with E-state index in [1.807, 2.05) is 0 Å². The molecule has 0 aliphatic heterocycles. The fourth-order valence-electron chi connectivity index (χ4n) is 1.53. The molecule has 5 heteroatoms. The highest BCUT2D eigenvalue weighted by Crippen LogP contribution is 2.26. The van der Waals surface area contributed by atoms with Crippen molar-refractivity contribution in [2.24, 2.45) is 0 Å². The average Bonchev–Trinajstić information content (AvgIpc) is 2.33. The fraction of sp³-hybridized carbons (Fsp3) is 0.0769. The predicted molar refractivity (Wildman–Crippen MR) is 72.8 cm³/mol. The quantitative estimate of drug-likeness (QED) is 0.834. The number of hydrogen-bond acceptors (Lipinski definition) is 1. The normalized spacial score (nSPS) is 10.4. The van der Waals surface area contributed by atoms with E-state index in [4.69, 9.17) is 11.6 Å². The van der Waals surface area contributed by atoms with E-state index < -0.39 is 5.82 Å². The molecule has 94 valence electrons. The van der Waals surface area contributed by atoms with Crippen LogP contribution >= 0.6 is 27.5 Å². The maximum atomic E-state index is 13.5. The SMILES string of the molecule is Fc1ccc(Cl)cc1CNc1c(F)cccc1Br. The summed E-state index contributed by atoms with van der Waals surface area (Å²) in [6.07, 6.45) is 0. The first-order valence-corrected chi connectivity index (χ1v) is 6.37. The van der Waals surface area contributed by atoms with E-state index >= 15 is 0 Å². The lowest BCUT2D eigenvalue weighted by Crippen LogP contribution is -2.04. The Kier molecular flexibility index (Phi) is 4.19. The Balaban J connectivity index is 2.19. The Morgan fingerprint density at radius 2 is 1.89 bits per heavy atom. The van der Waals surface area contributed by atoms with Gasteiger partial charge in [0.1, 0.15) is 11.6 Å². The van der Waals surface area contributed by atoms with E-state index in [2.05, 4.69) is 21.2 Å². The zero-order valence-electron chi connectivity index (χ0n) is 9.18. The maximum Gasteiger partial charge on any atom is 0.147 e. The number of anilines is 1. The van der Waals surface area contributed by atoms with E-state index in [1.165, 1.54) is 24.3 Å². The standard InChI is InChI=1S/C13H9BrClF2N/c14-10-2-1-3-12(17)13(10)18-7-8-6-9(15)4-5-11(8)16/h1-6,18H,7H2. The molecule has 0 spiro atoms. The summed E-state index contributed by atoms with van der Waals surface area (Å²) in [5.74, 6) is -0.772. The van der Waals surface area contributed by atoms with Crippen molar-refractivity contribution in [3.63, 3.8) is 0 Å². The van der Waals surface area contributed by atoms with Gasteiger partial charge in [-0.05, 0) is 46.3 Å². The fourth-order valence-corrected chi connectivity index (χ4v) is 2.21. The second-order valence-electron chi connectivity index (χ2n) is 3.69. The molecule has 2 aromatic rings. The van der Waals surface area contributed by atoms with Gasteiger partial charge in [-0.1, -0.05) is 17.7 Å². The third-order valence-electron chi connectivity index (χ3n) is 2.43. The van der Waals surface area contributed by atoms with Gasteiger partial charge in [0.25, 0.3) is 0 Å². The van der Waals surface area contributed by atoms with Crippen LogP contribution in [0.3, 0.4) is 0 Å². The van der Waals surface area contributed by atoms with E-state index in [9.17, 15) is 8.78 Å². The van der Waals surface area contributed by atoms with E-state index in [0.29, 0.717) is 20.7 Å². The van der Waals surface area contributed by atoms with Gasteiger partial charge in [0.05, 0.1) is 5.69 Å². The van der Waals surface area contributed by atoms with Crippen molar-refractivity contribution in [1.29, 1.82) is 0 Å². The highest BCUT2D eigenvalue weighted by molar-refractivity contribution is 9.10. The summed E-state index contributed by atoms with van der Waals surface area (Å²) in [5, 5.41) is 3.29. The molecule has 0 saturated heterocycles. The number of hydrogen-bond donors (Lipinski definition) is 1. The van der Waals surface area contributed by atoms with Gasteiger partial charge in [-0.25, -0.2) is 8.78 Å². The minimum atomic E-state index is -0.396. The van der Waals surface area contributed by atoms with Crippen molar-refractivity contribution in [2.45, 2.75) is 6.54 Å². The summed E-state index contributed by atoms with van der Waals surface area (Å²) in [7, 11) is 0. The Labute approximate surface area is 117 Å². The zero-order valence-corrected chi connectivity index (χ0v) is 11.5. The highest BCUT2D eigenvalue weighted by atomic mass is 79.9. The molecule has 0 heterocycles. The van der Waals surface area contributed by atoms with Crippen LogP contribution in [0.25, 0.3) is 0 Å². The van der Waals surface area contributed by atoms with Crippen LogP contribution in [0, 0.1) is 11.6 Å². The number of halogens is 4. The molecule has 2 rings (SSSR count). The first-order valence-electron chi connectivity index (χ1n) is 5.20. The molecule has 0 fully saturated rings. The van der Waals surface area contributed by atoms with E-state index in [-0.39, 0.29) is 12.4 Å². The lowest BCUT2D eigenvalue weighted by molar-refractivity contribution is 0.610. The Morgan fingerprint density at radius 3 is 2.61 bits per heavy atom. The summed E-state index contributed by atoms with van der Waals surface area (Å²) in [5.41, 5.74) is 0.689. The maximum absolute atomic E-state index is 13.5. The summed E-state index contributed by atoms with van der Waals surface area (Å²) in [6.45, 7) is 0.159. The number of rotatable bonds is 3. The lowest BCUT2D eigenvalue weighted by atomic mass is 10.2. The Morgan fingerprint density at radius 1 is 1.11 bits per heavy atom. The van der Waals surface area contributed by atoms with Crippen molar-refractivity contribution < 1.29 is 8.78 Å². The minimum absolute atomic E-state index is 0.159. The third kappa shape index (κ3) is 3.00. The van der Waals surface area contributed by atoms with Gasteiger partial charge in [0.2, 0.25) is 0 Å². The molecule has 0 amide bonds. The van der Waals surface area contributed by atoms with Crippen molar-refractivity contribution >= 4 is 33.2 Å². The van der Waals surface area contributed by atoms with E-state index in [1.54, 1.807) is 12.1 Å². The van der Waals surface area contributed by atoms with Crippen LogP contribution in [-0.2, 0) is 6.54 Å². The van der Waals surface area contributed by atoms with Crippen molar-refractivity contribution in [2.75, 3.05) is 5.32 Å². The first kappa shape index (κ1) is 13.3. The average molecular weight is 333 g/mol. The molecule has 0 atom stereocenters. The van der Waals surface area contributed by atoms with Crippen LogP contribution in [-0.4, -0.2) is 0 Å². The van der Waals surface area contributed by atoms with Crippen LogP contribution in [0.4, 0.5) is 14.5 Å². The predicted octanol–water partition coefficient (Wildman–Crippen LogP) is 4.99. The molecular formula is C13H9BrClF2N. The molecule has 0 saturated carbocycles. The van der Waals surface area contributed by atoms with Gasteiger partial charge < -0.3 is 5.32 Å². The molecule has 0 aliphatic rings. The molecule has 18 heavy (non-hydrogen) atoms. The van der Waals surface area contributed by atoms with Crippen LogP contribution < -0.4 is 5.32 Å². The Bertz CT molecular complexity index is 555. The zero-order chi connectivity index (χ0) is 13.1. The summed E-state index contributed by atoms with van der Waals surface area (Å²) >= 11 is 9.01. The van der Waals surface area contributed by atoms with Crippen LogP contribution in [0.5, 0.6) is 0 Å². The lowest BCUT2D eigenvalue weighted by Gasteiger charge is -2.10. The summed E-state index contributed by atoms with van der Waals surface area (Å²) < 4.78 is 27.6. The van der Waals surface area contributed by atoms with Gasteiger partial charge in [-0.3, -0.25) is 0 Å². The molecule has 2 aromatic carbocycles. The molecule has 0 unspecified atom stereocenters. The molecule has 0 bridgehead atoms. The summed E-state index contributed by atoms with van der Waals surface area (Å²) in [4.78, 5) is 0. The van der Waals surface area contributed by atoms with Crippen molar-refractivity contribution in [3.05, 3.63) is 63.1 Å². The third-order valence-corrected chi connectivity index (χ3v) is 3.32. The van der Waals surface area contributed by atoms with E-state index in [0.717, 1.165) is 0 Å². The second kappa shape index (κ2) is 5.67. The molecule has 0 aromatic heterocycles. The van der Waals surface area contributed by atoms with Gasteiger partial charge in [0.15, 0.2) is 0 Å². The van der Waals surface area contributed by atoms with Gasteiger partial charge >= 0.3 is 0 Å². The minimum Gasteiger partial charge on any atom is -0.378 e. The smallest absolute Gasteiger partial charge is 0.147 e. The second-order valence-corrected chi connectivity index (χ2v) is 4.98. The van der Waals surface area contributed by atoms with Crippen molar-refractivity contribution in [1.82, 2.24) is 0 Å². The molecule has 1 nitrogen and oxygen atoms in total. The van der Waals surface area contributed by atoms with Gasteiger partial charge in [0, 0.05) is 21.6 Å². The molecule has 0 aliphatic carbocycles. The molecular weight excluding hydrogens is 324 g/mol. The van der Waals surface area contributed by atoms with Gasteiger partial charge in [-0.2, -0.15) is 0 Å². The number of benzene rings is 2.